The number of anilines is 1. The molecule has 0 aliphatic carbocycles. The largest absolute Gasteiger partial charge is 0.449 e. The van der Waals surface area contributed by atoms with E-state index in [1.807, 2.05) is 0 Å². The number of hydrogen-bond donors (Lipinski definition) is 1. The van der Waals surface area contributed by atoms with E-state index in [-0.39, 0.29) is 16.9 Å². The smallest absolute Gasteiger partial charge is 0.338 e. The molecule has 8 heteroatoms. The van der Waals surface area contributed by atoms with Crippen molar-refractivity contribution in [2.75, 3.05) is 12.4 Å². The van der Waals surface area contributed by atoms with E-state index in [2.05, 4.69) is 5.32 Å². The quantitative estimate of drug-likeness (QED) is 0.463. The van der Waals surface area contributed by atoms with Crippen LogP contribution in [0.1, 0.15) is 22.8 Å². The zero-order chi connectivity index (χ0) is 19.1. The Hall–Kier alpha value is -3.26. The van der Waals surface area contributed by atoms with Crippen LogP contribution in [0.4, 0.5) is 11.4 Å². The molecule has 0 bridgehead atoms. The minimum absolute atomic E-state index is 0.0347. The fourth-order valence-electron chi connectivity index (χ4n) is 2.21. The summed E-state index contributed by atoms with van der Waals surface area (Å²) in [6.45, 7) is 1.73. The Kier molecular flexibility index (Phi) is 6.40. The molecule has 8 nitrogen and oxygen atoms in total. The van der Waals surface area contributed by atoms with Crippen LogP contribution in [-0.4, -0.2) is 30.0 Å². The Morgan fingerprint density at radius 3 is 2.62 bits per heavy atom. The molecule has 0 aromatic heterocycles. The molecule has 2 rings (SSSR count). The third kappa shape index (κ3) is 4.87. The van der Waals surface area contributed by atoms with Gasteiger partial charge >= 0.3 is 5.97 Å². The predicted molar refractivity (Wildman–Crippen MR) is 93.8 cm³/mol. The van der Waals surface area contributed by atoms with E-state index < -0.39 is 22.9 Å². The second-order valence-corrected chi connectivity index (χ2v) is 5.44. The van der Waals surface area contributed by atoms with Crippen molar-refractivity contribution in [1.29, 1.82) is 0 Å². The number of nitrogens with one attached hydrogen (secondary N) is 1. The number of nitro benzene ring substituents is 1. The molecular formula is C18H18N2O6. The van der Waals surface area contributed by atoms with Crippen molar-refractivity contribution < 1.29 is 24.0 Å². The van der Waals surface area contributed by atoms with Crippen LogP contribution in [0.5, 0.6) is 0 Å². The summed E-state index contributed by atoms with van der Waals surface area (Å²) in [4.78, 5) is 34.8. The summed E-state index contributed by atoms with van der Waals surface area (Å²) in [6, 6.07) is 12.4. The number of rotatable bonds is 7. The first-order valence-corrected chi connectivity index (χ1v) is 7.75. The molecule has 0 aliphatic rings. The highest BCUT2D eigenvalue weighted by Crippen LogP contribution is 2.23. The van der Waals surface area contributed by atoms with Gasteiger partial charge in [-0.3, -0.25) is 14.9 Å². The maximum absolute atomic E-state index is 12.2. The number of nitro groups is 1. The number of ether oxygens (including phenoxy) is 2. The van der Waals surface area contributed by atoms with E-state index in [1.165, 1.54) is 25.1 Å². The fraction of sp³-hybridized carbons (Fsp3) is 0.222. The lowest BCUT2D eigenvalue weighted by molar-refractivity contribution is -0.383. The van der Waals surface area contributed by atoms with Crippen LogP contribution < -0.4 is 5.32 Å². The Labute approximate surface area is 149 Å². The third-order valence-electron chi connectivity index (χ3n) is 3.49. The van der Waals surface area contributed by atoms with Gasteiger partial charge in [-0.05, 0) is 30.7 Å². The van der Waals surface area contributed by atoms with Gasteiger partial charge in [0.2, 0.25) is 0 Å². The molecule has 0 unspecified atom stereocenters. The predicted octanol–water partition coefficient (Wildman–Crippen LogP) is 2.93. The summed E-state index contributed by atoms with van der Waals surface area (Å²) in [5, 5.41) is 13.4. The molecule has 1 amide bonds. The first-order valence-electron chi connectivity index (χ1n) is 7.75. The summed E-state index contributed by atoms with van der Waals surface area (Å²) < 4.78 is 10.1. The lowest BCUT2D eigenvalue weighted by Crippen LogP contribution is -2.30. The first kappa shape index (κ1) is 19.1. The van der Waals surface area contributed by atoms with E-state index in [0.717, 1.165) is 5.56 Å². The number of methoxy groups -OCH3 is 1. The maximum atomic E-state index is 12.2. The van der Waals surface area contributed by atoms with E-state index in [4.69, 9.17) is 9.47 Å². The number of benzene rings is 2. The molecule has 1 atom stereocenters. The van der Waals surface area contributed by atoms with Crippen molar-refractivity contribution in [3.8, 4) is 0 Å². The van der Waals surface area contributed by atoms with Crippen molar-refractivity contribution in [1.82, 2.24) is 0 Å². The van der Waals surface area contributed by atoms with Gasteiger partial charge in [0, 0.05) is 13.2 Å². The van der Waals surface area contributed by atoms with Crippen LogP contribution in [-0.2, 0) is 20.9 Å². The van der Waals surface area contributed by atoms with Gasteiger partial charge < -0.3 is 14.8 Å². The topological polar surface area (TPSA) is 108 Å². The number of amides is 1. The molecule has 0 radical (unpaired) electrons. The molecule has 2 aromatic rings. The van der Waals surface area contributed by atoms with Crippen LogP contribution >= 0.6 is 0 Å². The lowest BCUT2D eigenvalue weighted by Gasteiger charge is -2.14. The van der Waals surface area contributed by atoms with Crippen LogP contribution in [0.25, 0.3) is 0 Å². The van der Waals surface area contributed by atoms with Gasteiger partial charge in [-0.25, -0.2) is 4.79 Å². The van der Waals surface area contributed by atoms with Gasteiger partial charge in [-0.1, -0.05) is 24.3 Å². The van der Waals surface area contributed by atoms with Crippen LogP contribution in [0.3, 0.4) is 0 Å². The Morgan fingerprint density at radius 2 is 1.92 bits per heavy atom. The van der Waals surface area contributed by atoms with Crippen molar-refractivity contribution in [2.24, 2.45) is 0 Å². The van der Waals surface area contributed by atoms with Gasteiger partial charge in [0.25, 0.3) is 11.6 Å². The van der Waals surface area contributed by atoms with Crippen LogP contribution in [0, 0.1) is 10.1 Å². The Balaban J connectivity index is 2.04. The minimum Gasteiger partial charge on any atom is -0.449 e. The van der Waals surface area contributed by atoms with Gasteiger partial charge in [0.05, 0.1) is 17.1 Å². The average molecular weight is 358 g/mol. The number of carbonyl (C=O) groups is 2. The number of hydrogen-bond acceptors (Lipinski definition) is 6. The lowest BCUT2D eigenvalue weighted by atomic mass is 10.1. The zero-order valence-corrected chi connectivity index (χ0v) is 14.3. The van der Waals surface area contributed by atoms with Crippen LogP contribution in [0.15, 0.2) is 48.5 Å². The highest BCUT2D eigenvalue weighted by Gasteiger charge is 2.22. The van der Waals surface area contributed by atoms with E-state index >= 15 is 0 Å². The maximum Gasteiger partial charge on any atom is 0.338 e. The second kappa shape index (κ2) is 8.72. The monoisotopic (exact) mass is 358 g/mol. The number of esters is 1. The van der Waals surface area contributed by atoms with Gasteiger partial charge in [-0.2, -0.15) is 0 Å². The average Bonchev–Trinajstić information content (AvgIpc) is 2.62. The number of nitrogens with zero attached hydrogens (tertiary/aromatic N) is 1. The summed E-state index contributed by atoms with van der Waals surface area (Å²) >= 11 is 0. The highest BCUT2D eigenvalue weighted by atomic mass is 16.6. The number of carbonyl (C=O) groups excluding carboxylic acids is 2. The molecule has 0 fully saturated rings. The summed E-state index contributed by atoms with van der Waals surface area (Å²) in [5.41, 5.74) is 0.864. The Morgan fingerprint density at radius 1 is 1.19 bits per heavy atom. The second-order valence-electron chi connectivity index (χ2n) is 5.44. The molecule has 26 heavy (non-hydrogen) atoms. The van der Waals surface area contributed by atoms with E-state index in [0.29, 0.717) is 6.61 Å². The molecule has 0 spiro atoms. The van der Waals surface area contributed by atoms with Crippen LogP contribution in [0.2, 0.25) is 0 Å². The molecule has 0 aliphatic heterocycles. The number of para-hydroxylation sites is 2. The van der Waals surface area contributed by atoms with Crippen molar-refractivity contribution in [3.63, 3.8) is 0 Å². The normalized spacial score (nSPS) is 11.5. The molecule has 1 N–H and O–H groups in total. The van der Waals surface area contributed by atoms with E-state index in [1.54, 1.807) is 37.4 Å². The summed E-state index contributed by atoms with van der Waals surface area (Å²) in [6.07, 6.45) is -1.13. The molecule has 136 valence electrons. The SMILES string of the molecule is COCc1cccc(C(=O)O[C@H](C)C(=O)Nc2ccccc2[N+](=O)[O-])c1. The standard InChI is InChI=1S/C18H18N2O6/c1-12(17(21)19-15-8-3-4-9-16(15)20(23)24)26-18(22)14-7-5-6-13(10-14)11-25-2/h3-10,12H,11H2,1-2H3,(H,19,21)/t12-/m1/s1. The highest BCUT2D eigenvalue weighted by molar-refractivity contribution is 5.98. The van der Waals surface area contributed by atoms with Gasteiger partial charge in [0.1, 0.15) is 5.69 Å². The summed E-state index contributed by atoms with van der Waals surface area (Å²) in [7, 11) is 1.54. The van der Waals surface area contributed by atoms with Crippen molar-refractivity contribution in [3.05, 3.63) is 69.8 Å². The molecule has 0 heterocycles. The van der Waals surface area contributed by atoms with Crippen molar-refractivity contribution in [2.45, 2.75) is 19.6 Å². The minimum atomic E-state index is -1.13. The molecule has 0 saturated carbocycles. The first-order chi connectivity index (χ1) is 12.4. The fourth-order valence-corrected chi connectivity index (χ4v) is 2.21. The Bertz CT molecular complexity index is 821. The van der Waals surface area contributed by atoms with E-state index in [9.17, 15) is 19.7 Å². The zero-order valence-electron chi connectivity index (χ0n) is 14.3. The third-order valence-corrected chi connectivity index (χ3v) is 3.49. The van der Waals surface area contributed by atoms with Crippen molar-refractivity contribution >= 4 is 23.3 Å². The van der Waals surface area contributed by atoms with Gasteiger partial charge in [0.15, 0.2) is 6.10 Å². The summed E-state index contributed by atoms with van der Waals surface area (Å²) in [5.74, 6) is -1.34. The molecule has 0 saturated heterocycles. The molecule has 2 aromatic carbocycles. The molecular weight excluding hydrogens is 340 g/mol. The van der Waals surface area contributed by atoms with Gasteiger partial charge in [-0.15, -0.1) is 0 Å².